The maximum atomic E-state index is 10.4. The molecule has 0 saturated carbocycles. The van der Waals surface area contributed by atoms with Crippen molar-refractivity contribution in [1.82, 2.24) is 4.98 Å². The van der Waals surface area contributed by atoms with Crippen LogP contribution in [0.2, 0.25) is 5.02 Å². The molecule has 6 heteroatoms. The van der Waals surface area contributed by atoms with Crippen molar-refractivity contribution in [2.75, 3.05) is 24.6 Å². The second-order valence-corrected chi connectivity index (χ2v) is 7.55. The van der Waals surface area contributed by atoms with Gasteiger partial charge in [-0.15, -0.1) is 0 Å². The van der Waals surface area contributed by atoms with E-state index in [4.69, 9.17) is 11.6 Å². The number of aromatic nitrogens is 1. The number of hydrogen-bond acceptors (Lipinski definition) is 5. The molecule has 1 aromatic heterocycles. The van der Waals surface area contributed by atoms with Gasteiger partial charge in [-0.3, -0.25) is 0 Å². The fraction of sp³-hybridized carbons (Fsp3) is 0.562. The van der Waals surface area contributed by atoms with E-state index in [1.165, 1.54) is 0 Å². The first-order chi connectivity index (χ1) is 10.6. The summed E-state index contributed by atoms with van der Waals surface area (Å²) in [4.78, 5) is 6.88. The van der Waals surface area contributed by atoms with Crippen LogP contribution in [-0.2, 0) is 0 Å². The molecule has 4 nitrogen and oxygen atoms in total. The van der Waals surface area contributed by atoms with Crippen molar-refractivity contribution in [3.63, 3.8) is 0 Å². The summed E-state index contributed by atoms with van der Waals surface area (Å²) in [5.74, 6) is 0. The summed E-state index contributed by atoms with van der Waals surface area (Å²) in [6.07, 6.45) is 1.98. The smallest absolute Gasteiger partial charge is 0.186 e. The molecular formula is C16H21ClN2O2S. The number of thiazole rings is 1. The lowest BCUT2D eigenvalue weighted by Crippen LogP contribution is -2.53. The lowest BCUT2D eigenvalue weighted by Gasteiger charge is -2.45. The van der Waals surface area contributed by atoms with Crippen LogP contribution in [0.15, 0.2) is 18.2 Å². The molecule has 2 heterocycles. The van der Waals surface area contributed by atoms with Gasteiger partial charge < -0.3 is 15.1 Å². The summed E-state index contributed by atoms with van der Waals surface area (Å²) in [5.41, 5.74) is 0.503. The van der Waals surface area contributed by atoms with Gasteiger partial charge in [0.1, 0.15) is 0 Å². The third-order valence-corrected chi connectivity index (χ3v) is 5.87. The standard InChI is InChI=1S/C16H21ClN2O2S/c1-2-6-16(10-20)9-19(7-5-14(16)21)15-18-12-4-3-11(17)8-13(12)22-15/h3-4,8,14,20-21H,2,5-7,9-10H2,1H3/t14-,16+/m1/s1. The summed E-state index contributed by atoms with van der Waals surface area (Å²) in [5, 5.41) is 21.9. The van der Waals surface area contributed by atoms with E-state index < -0.39 is 11.5 Å². The number of halogens is 1. The molecule has 0 spiro atoms. The number of hydrogen-bond donors (Lipinski definition) is 2. The molecule has 0 aliphatic carbocycles. The molecule has 1 saturated heterocycles. The third kappa shape index (κ3) is 2.83. The Bertz CT molecular complexity index is 663. The van der Waals surface area contributed by atoms with Crippen LogP contribution in [-0.4, -0.2) is 41.0 Å². The monoisotopic (exact) mass is 340 g/mol. The van der Waals surface area contributed by atoms with Crippen LogP contribution in [0.4, 0.5) is 5.13 Å². The zero-order valence-corrected chi connectivity index (χ0v) is 14.2. The number of rotatable bonds is 4. The van der Waals surface area contributed by atoms with Gasteiger partial charge in [-0.25, -0.2) is 4.98 Å². The summed E-state index contributed by atoms with van der Waals surface area (Å²) in [6.45, 7) is 3.50. The van der Waals surface area contributed by atoms with E-state index in [-0.39, 0.29) is 6.61 Å². The lowest BCUT2D eigenvalue weighted by molar-refractivity contribution is -0.0351. The van der Waals surface area contributed by atoms with Gasteiger partial charge in [-0.1, -0.05) is 36.3 Å². The van der Waals surface area contributed by atoms with Crippen molar-refractivity contribution in [3.05, 3.63) is 23.2 Å². The molecule has 22 heavy (non-hydrogen) atoms. The minimum Gasteiger partial charge on any atom is -0.396 e. The Hall–Kier alpha value is -0.880. The van der Waals surface area contributed by atoms with Crippen molar-refractivity contribution in [2.45, 2.75) is 32.3 Å². The molecule has 0 radical (unpaired) electrons. The minimum absolute atomic E-state index is 0.00916. The highest BCUT2D eigenvalue weighted by Gasteiger charge is 2.42. The maximum Gasteiger partial charge on any atom is 0.186 e. The van der Waals surface area contributed by atoms with Crippen LogP contribution in [0.25, 0.3) is 10.2 Å². The average Bonchev–Trinajstić information content (AvgIpc) is 2.92. The summed E-state index contributed by atoms with van der Waals surface area (Å²) < 4.78 is 1.07. The first-order valence-electron chi connectivity index (χ1n) is 7.68. The normalized spacial score (nSPS) is 25.8. The zero-order valence-electron chi connectivity index (χ0n) is 12.6. The SMILES string of the molecule is CCC[C@@]1(CO)CN(c2nc3ccc(Cl)cc3s2)CC[C@H]1O. The Morgan fingerprint density at radius 1 is 1.50 bits per heavy atom. The van der Waals surface area contributed by atoms with Crippen LogP contribution in [0, 0.1) is 5.41 Å². The van der Waals surface area contributed by atoms with E-state index in [1.54, 1.807) is 11.3 Å². The molecule has 1 aliphatic heterocycles. The van der Waals surface area contributed by atoms with Crippen LogP contribution in [0.1, 0.15) is 26.2 Å². The van der Waals surface area contributed by atoms with Crippen LogP contribution >= 0.6 is 22.9 Å². The largest absolute Gasteiger partial charge is 0.396 e. The molecule has 2 atom stereocenters. The number of aliphatic hydroxyl groups is 2. The summed E-state index contributed by atoms with van der Waals surface area (Å²) in [6, 6.07) is 5.71. The maximum absolute atomic E-state index is 10.4. The highest BCUT2D eigenvalue weighted by molar-refractivity contribution is 7.22. The van der Waals surface area contributed by atoms with Crippen molar-refractivity contribution in [1.29, 1.82) is 0 Å². The van der Waals surface area contributed by atoms with Crippen molar-refractivity contribution < 1.29 is 10.2 Å². The van der Waals surface area contributed by atoms with Crippen molar-refractivity contribution in [2.24, 2.45) is 5.41 Å². The second-order valence-electron chi connectivity index (χ2n) is 6.11. The number of piperidine rings is 1. The van der Waals surface area contributed by atoms with Gasteiger partial charge in [-0.2, -0.15) is 0 Å². The summed E-state index contributed by atoms with van der Waals surface area (Å²) in [7, 11) is 0. The third-order valence-electron chi connectivity index (χ3n) is 4.56. The van der Waals surface area contributed by atoms with Crippen LogP contribution < -0.4 is 4.90 Å². The van der Waals surface area contributed by atoms with E-state index in [9.17, 15) is 10.2 Å². The predicted octanol–water partition coefficient (Wildman–Crippen LogP) is 3.30. The van der Waals surface area contributed by atoms with Gasteiger partial charge in [0.25, 0.3) is 0 Å². The fourth-order valence-corrected chi connectivity index (χ4v) is 4.58. The van der Waals surface area contributed by atoms with Gasteiger partial charge in [-0.05, 0) is 31.0 Å². The van der Waals surface area contributed by atoms with Gasteiger partial charge in [0, 0.05) is 23.5 Å². The van der Waals surface area contributed by atoms with Gasteiger partial charge >= 0.3 is 0 Å². The average molecular weight is 341 g/mol. The van der Waals surface area contributed by atoms with Crippen molar-refractivity contribution in [3.8, 4) is 0 Å². The number of aliphatic hydroxyl groups excluding tert-OH is 2. The molecule has 0 amide bonds. The number of anilines is 1. The Kier molecular flexibility index (Phi) is 4.59. The minimum atomic E-state index is -0.447. The molecule has 3 rings (SSSR count). The first kappa shape index (κ1) is 16.0. The lowest BCUT2D eigenvalue weighted by atomic mass is 9.75. The van der Waals surface area contributed by atoms with E-state index in [0.717, 1.165) is 34.7 Å². The highest BCUT2D eigenvalue weighted by atomic mass is 35.5. The Balaban J connectivity index is 1.90. The van der Waals surface area contributed by atoms with Gasteiger partial charge in [0.15, 0.2) is 5.13 Å². The Labute approximate surface area is 139 Å². The van der Waals surface area contributed by atoms with Crippen molar-refractivity contribution >= 4 is 38.3 Å². The summed E-state index contributed by atoms with van der Waals surface area (Å²) >= 11 is 7.66. The highest BCUT2D eigenvalue weighted by Crippen LogP contribution is 2.39. The van der Waals surface area contributed by atoms with Gasteiger partial charge in [0.05, 0.1) is 22.9 Å². The van der Waals surface area contributed by atoms with Gasteiger partial charge in [0.2, 0.25) is 0 Å². The van der Waals surface area contributed by atoms with E-state index in [2.05, 4.69) is 16.8 Å². The number of nitrogens with zero attached hydrogens (tertiary/aromatic N) is 2. The second kappa shape index (κ2) is 6.32. The molecule has 0 unspecified atom stereocenters. The molecule has 2 aromatic rings. The van der Waals surface area contributed by atoms with E-state index in [0.29, 0.717) is 18.0 Å². The molecule has 1 fully saturated rings. The molecule has 1 aliphatic rings. The predicted molar refractivity (Wildman–Crippen MR) is 91.9 cm³/mol. The Morgan fingerprint density at radius 3 is 3.05 bits per heavy atom. The quantitative estimate of drug-likeness (QED) is 0.896. The molecule has 120 valence electrons. The first-order valence-corrected chi connectivity index (χ1v) is 8.87. The zero-order chi connectivity index (χ0) is 15.7. The fourth-order valence-electron chi connectivity index (χ4n) is 3.31. The molecule has 2 N–H and O–H groups in total. The Morgan fingerprint density at radius 2 is 2.32 bits per heavy atom. The molecule has 1 aromatic carbocycles. The van der Waals surface area contributed by atoms with Crippen LogP contribution in [0.3, 0.4) is 0 Å². The van der Waals surface area contributed by atoms with Crippen LogP contribution in [0.5, 0.6) is 0 Å². The van der Waals surface area contributed by atoms with E-state index in [1.807, 2.05) is 18.2 Å². The molecule has 0 bridgehead atoms. The number of fused-ring (bicyclic) bond motifs is 1. The topological polar surface area (TPSA) is 56.6 Å². The number of benzene rings is 1. The molecular weight excluding hydrogens is 320 g/mol. The van der Waals surface area contributed by atoms with E-state index >= 15 is 0 Å².